The van der Waals surface area contributed by atoms with Gasteiger partial charge in [0.1, 0.15) is 11.5 Å². The minimum absolute atomic E-state index is 0.0687. The molecule has 0 amide bonds. The molecule has 0 saturated carbocycles. The third kappa shape index (κ3) is 2.16. The van der Waals surface area contributed by atoms with Crippen molar-refractivity contribution in [3.8, 4) is 11.5 Å². The molecule has 0 heterocycles. The first-order valence-electron chi connectivity index (χ1n) is 4.36. The number of phenols is 1. The summed E-state index contributed by atoms with van der Waals surface area (Å²) >= 11 is 0. The number of ether oxygens (including phenoxy) is 1. The molecule has 2 atom stereocenters. The van der Waals surface area contributed by atoms with Gasteiger partial charge < -0.3 is 20.7 Å². The molecule has 1 aromatic carbocycles. The van der Waals surface area contributed by atoms with Crippen molar-refractivity contribution in [2.75, 3.05) is 7.11 Å². The molecule has 0 unspecified atom stereocenters. The number of nitrogens with two attached hydrogens (primary N) is 1. The Morgan fingerprint density at radius 2 is 2.07 bits per heavy atom. The Bertz CT molecular complexity index is 312. The van der Waals surface area contributed by atoms with Crippen LogP contribution in [0.3, 0.4) is 0 Å². The van der Waals surface area contributed by atoms with Gasteiger partial charge in [0.05, 0.1) is 19.3 Å². The Morgan fingerprint density at radius 3 is 2.57 bits per heavy atom. The highest BCUT2D eigenvalue weighted by molar-refractivity contribution is 5.41. The van der Waals surface area contributed by atoms with Crippen LogP contribution in [0.5, 0.6) is 11.5 Å². The Labute approximate surface area is 82.9 Å². The second-order valence-electron chi connectivity index (χ2n) is 3.19. The number of aromatic hydroxyl groups is 1. The highest BCUT2D eigenvalue weighted by atomic mass is 16.5. The predicted octanol–water partition coefficient (Wildman–Crippen LogP) is 0.781. The fraction of sp³-hybridized carbons (Fsp3) is 0.400. The van der Waals surface area contributed by atoms with Crippen molar-refractivity contribution in [3.05, 3.63) is 23.8 Å². The largest absolute Gasteiger partial charge is 0.508 e. The number of aliphatic hydroxyl groups excluding tert-OH is 1. The summed E-state index contributed by atoms with van der Waals surface area (Å²) in [6.45, 7) is 1.57. The molecule has 0 aliphatic rings. The lowest BCUT2D eigenvalue weighted by Gasteiger charge is -2.17. The van der Waals surface area contributed by atoms with Gasteiger partial charge in [-0.25, -0.2) is 0 Å². The maximum absolute atomic E-state index is 9.50. The average molecular weight is 197 g/mol. The molecule has 4 nitrogen and oxygen atoms in total. The molecule has 1 aromatic rings. The van der Waals surface area contributed by atoms with Crippen molar-refractivity contribution < 1.29 is 14.9 Å². The molecule has 0 radical (unpaired) electrons. The van der Waals surface area contributed by atoms with Crippen LogP contribution in [0.4, 0.5) is 0 Å². The van der Waals surface area contributed by atoms with Gasteiger partial charge in [0, 0.05) is 5.56 Å². The maximum atomic E-state index is 9.50. The summed E-state index contributed by atoms with van der Waals surface area (Å²) in [6, 6.07) is 4.14. The number of phenolic OH excluding ortho intramolecular Hbond substituents is 1. The maximum Gasteiger partial charge on any atom is 0.120 e. The van der Waals surface area contributed by atoms with E-state index >= 15 is 0 Å². The van der Waals surface area contributed by atoms with Crippen LogP contribution >= 0.6 is 0 Å². The van der Waals surface area contributed by atoms with Crippen LogP contribution in [0.25, 0.3) is 0 Å². The van der Waals surface area contributed by atoms with E-state index in [0.717, 1.165) is 0 Å². The zero-order valence-corrected chi connectivity index (χ0v) is 8.27. The number of aliphatic hydroxyl groups is 1. The van der Waals surface area contributed by atoms with E-state index in [9.17, 15) is 10.2 Å². The molecule has 4 N–H and O–H groups in total. The molecular formula is C10H15NO3. The molecular weight excluding hydrogens is 182 g/mol. The summed E-state index contributed by atoms with van der Waals surface area (Å²) in [5.74, 6) is 0.674. The summed E-state index contributed by atoms with van der Waals surface area (Å²) in [5, 5.41) is 18.8. The summed E-state index contributed by atoms with van der Waals surface area (Å²) in [5.41, 5.74) is 6.18. The third-order valence-corrected chi connectivity index (χ3v) is 2.11. The van der Waals surface area contributed by atoms with Gasteiger partial charge >= 0.3 is 0 Å². The summed E-state index contributed by atoms with van der Waals surface area (Å²) in [7, 11) is 1.53. The molecule has 0 spiro atoms. The topological polar surface area (TPSA) is 75.7 Å². The minimum atomic E-state index is -0.715. The molecule has 4 heteroatoms. The quantitative estimate of drug-likeness (QED) is 0.669. The second kappa shape index (κ2) is 4.30. The van der Waals surface area contributed by atoms with E-state index in [1.54, 1.807) is 19.1 Å². The first-order valence-corrected chi connectivity index (χ1v) is 4.36. The van der Waals surface area contributed by atoms with Gasteiger partial charge in [-0.1, -0.05) is 0 Å². The van der Waals surface area contributed by atoms with Crippen LogP contribution in [0.2, 0.25) is 0 Å². The number of hydrogen-bond donors (Lipinski definition) is 3. The Morgan fingerprint density at radius 1 is 1.43 bits per heavy atom. The SMILES string of the molecule is COc1ccc(O)c([C@@H](N)[C@H](C)O)c1. The lowest BCUT2D eigenvalue weighted by Crippen LogP contribution is -2.23. The van der Waals surface area contributed by atoms with Crippen molar-refractivity contribution in [3.63, 3.8) is 0 Å². The molecule has 0 fully saturated rings. The molecule has 0 aliphatic heterocycles. The lowest BCUT2D eigenvalue weighted by molar-refractivity contribution is 0.162. The number of benzene rings is 1. The molecule has 0 aliphatic carbocycles. The Kier molecular flexibility index (Phi) is 3.33. The highest BCUT2D eigenvalue weighted by Crippen LogP contribution is 2.28. The van der Waals surface area contributed by atoms with E-state index < -0.39 is 12.1 Å². The number of rotatable bonds is 3. The molecule has 0 saturated heterocycles. The van der Waals surface area contributed by atoms with E-state index in [0.29, 0.717) is 11.3 Å². The van der Waals surface area contributed by atoms with Crippen molar-refractivity contribution in [1.29, 1.82) is 0 Å². The normalized spacial score (nSPS) is 14.9. The van der Waals surface area contributed by atoms with E-state index in [1.165, 1.54) is 13.2 Å². The fourth-order valence-corrected chi connectivity index (χ4v) is 1.19. The first-order chi connectivity index (χ1) is 6.56. The molecule has 78 valence electrons. The van der Waals surface area contributed by atoms with E-state index in [4.69, 9.17) is 10.5 Å². The lowest BCUT2D eigenvalue weighted by atomic mass is 10.0. The van der Waals surface area contributed by atoms with E-state index in [-0.39, 0.29) is 5.75 Å². The Balaban J connectivity index is 3.05. The fourth-order valence-electron chi connectivity index (χ4n) is 1.19. The van der Waals surface area contributed by atoms with Crippen molar-refractivity contribution in [1.82, 2.24) is 0 Å². The van der Waals surface area contributed by atoms with Gasteiger partial charge in [-0.05, 0) is 25.1 Å². The van der Waals surface area contributed by atoms with Gasteiger partial charge in [0.15, 0.2) is 0 Å². The zero-order valence-electron chi connectivity index (χ0n) is 8.27. The van der Waals surface area contributed by atoms with Crippen molar-refractivity contribution >= 4 is 0 Å². The van der Waals surface area contributed by atoms with E-state index in [2.05, 4.69) is 0 Å². The van der Waals surface area contributed by atoms with Gasteiger partial charge in [-0.2, -0.15) is 0 Å². The van der Waals surface area contributed by atoms with Gasteiger partial charge in [0.2, 0.25) is 0 Å². The van der Waals surface area contributed by atoms with Gasteiger partial charge in [0.25, 0.3) is 0 Å². The number of methoxy groups -OCH3 is 1. The number of hydrogen-bond acceptors (Lipinski definition) is 4. The molecule has 0 aromatic heterocycles. The second-order valence-corrected chi connectivity index (χ2v) is 3.19. The smallest absolute Gasteiger partial charge is 0.120 e. The third-order valence-electron chi connectivity index (χ3n) is 2.11. The molecule has 1 rings (SSSR count). The van der Waals surface area contributed by atoms with Crippen LogP contribution in [-0.4, -0.2) is 23.4 Å². The Hall–Kier alpha value is -1.26. The first kappa shape index (κ1) is 10.8. The molecule has 14 heavy (non-hydrogen) atoms. The van der Waals surface area contributed by atoms with E-state index in [1.807, 2.05) is 0 Å². The van der Waals surface area contributed by atoms with Crippen LogP contribution in [0, 0.1) is 0 Å². The zero-order chi connectivity index (χ0) is 10.7. The molecule has 0 bridgehead atoms. The van der Waals surface area contributed by atoms with Crippen LogP contribution in [0.1, 0.15) is 18.5 Å². The van der Waals surface area contributed by atoms with Crippen LogP contribution in [-0.2, 0) is 0 Å². The van der Waals surface area contributed by atoms with Crippen LogP contribution < -0.4 is 10.5 Å². The van der Waals surface area contributed by atoms with Crippen LogP contribution in [0.15, 0.2) is 18.2 Å². The summed E-state index contributed by atoms with van der Waals surface area (Å²) in [6.07, 6.45) is -0.715. The monoisotopic (exact) mass is 197 g/mol. The van der Waals surface area contributed by atoms with Crippen molar-refractivity contribution in [2.24, 2.45) is 5.73 Å². The summed E-state index contributed by atoms with van der Waals surface area (Å²) < 4.78 is 4.99. The summed E-state index contributed by atoms with van der Waals surface area (Å²) in [4.78, 5) is 0. The minimum Gasteiger partial charge on any atom is -0.508 e. The average Bonchev–Trinajstić information content (AvgIpc) is 2.17. The van der Waals surface area contributed by atoms with Gasteiger partial charge in [-0.15, -0.1) is 0 Å². The van der Waals surface area contributed by atoms with Gasteiger partial charge in [-0.3, -0.25) is 0 Å². The predicted molar refractivity (Wildman–Crippen MR) is 53.3 cm³/mol. The standard InChI is InChI=1S/C10H15NO3/c1-6(12)10(11)8-5-7(14-2)3-4-9(8)13/h3-6,10,12-13H,11H2,1-2H3/t6-,10-/m0/s1. The highest BCUT2D eigenvalue weighted by Gasteiger charge is 2.16. The van der Waals surface area contributed by atoms with Crippen molar-refractivity contribution in [2.45, 2.75) is 19.1 Å².